The van der Waals surface area contributed by atoms with Crippen molar-refractivity contribution >= 4 is 28.6 Å². The van der Waals surface area contributed by atoms with Crippen LogP contribution < -0.4 is 11.1 Å². The van der Waals surface area contributed by atoms with Gasteiger partial charge in [0.1, 0.15) is 0 Å². The van der Waals surface area contributed by atoms with Crippen LogP contribution in [0.5, 0.6) is 0 Å². The van der Waals surface area contributed by atoms with Crippen LogP contribution in [-0.4, -0.2) is 5.91 Å². The number of rotatable bonds is 7. The standard InChI is InChI=1S/C20H22N2OS/c1-2-3-4-5-6-7-8-11-20(23)22-18-13-12-16(15-17(18)21)19-10-9-14-24-19/h2-3,5-10,12-15H,4,11,21H2,1H3,(H,22,23)/b3-2-,6-5-,8-7+. The van der Waals surface area contributed by atoms with Crippen LogP contribution in [0.25, 0.3) is 10.4 Å². The van der Waals surface area contributed by atoms with E-state index in [-0.39, 0.29) is 5.91 Å². The van der Waals surface area contributed by atoms with Gasteiger partial charge in [0.2, 0.25) is 5.91 Å². The normalized spacial score (nSPS) is 11.7. The van der Waals surface area contributed by atoms with Crippen LogP contribution in [0.1, 0.15) is 19.8 Å². The SMILES string of the molecule is C/C=C\C/C=C\C=C\CC(=O)Nc1ccc(-c2cccs2)cc1N. The number of hydrogen-bond acceptors (Lipinski definition) is 3. The minimum atomic E-state index is -0.0799. The van der Waals surface area contributed by atoms with Gasteiger partial charge in [-0.05, 0) is 42.5 Å². The molecule has 0 radical (unpaired) electrons. The summed E-state index contributed by atoms with van der Waals surface area (Å²) in [6, 6.07) is 9.76. The van der Waals surface area contributed by atoms with Crippen molar-refractivity contribution in [2.75, 3.05) is 11.1 Å². The van der Waals surface area contributed by atoms with Gasteiger partial charge in [-0.25, -0.2) is 0 Å². The fraction of sp³-hybridized carbons (Fsp3) is 0.150. The molecule has 1 aromatic heterocycles. The van der Waals surface area contributed by atoms with E-state index in [0.717, 1.165) is 16.9 Å². The molecule has 2 rings (SSSR count). The van der Waals surface area contributed by atoms with Crippen molar-refractivity contribution in [1.82, 2.24) is 0 Å². The third-order valence-electron chi connectivity index (χ3n) is 3.33. The number of amides is 1. The summed E-state index contributed by atoms with van der Waals surface area (Å²) in [4.78, 5) is 13.1. The van der Waals surface area contributed by atoms with E-state index in [1.807, 2.05) is 73.0 Å². The predicted molar refractivity (Wildman–Crippen MR) is 105 cm³/mol. The summed E-state index contributed by atoms with van der Waals surface area (Å²) in [5.74, 6) is -0.0799. The van der Waals surface area contributed by atoms with E-state index in [1.165, 1.54) is 0 Å². The second-order valence-corrected chi connectivity index (χ2v) is 6.14. The Labute approximate surface area is 147 Å². The van der Waals surface area contributed by atoms with Crippen molar-refractivity contribution in [3.8, 4) is 10.4 Å². The van der Waals surface area contributed by atoms with Gasteiger partial charge < -0.3 is 11.1 Å². The highest BCUT2D eigenvalue weighted by Gasteiger charge is 2.06. The molecule has 0 fully saturated rings. The quantitative estimate of drug-likeness (QED) is 0.403. The van der Waals surface area contributed by atoms with Crippen LogP contribution in [0.15, 0.2) is 72.2 Å². The van der Waals surface area contributed by atoms with E-state index >= 15 is 0 Å². The van der Waals surface area contributed by atoms with Gasteiger partial charge in [-0.2, -0.15) is 0 Å². The van der Waals surface area contributed by atoms with Crippen molar-refractivity contribution in [2.24, 2.45) is 0 Å². The summed E-state index contributed by atoms with van der Waals surface area (Å²) in [6.45, 7) is 1.99. The molecule has 0 bridgehead atoms. The number of hydrogen-bond donors (Lipinski definition) is 2. The lowest BCUT2D eigenvalue weighted by molar-refractivity contribution is -0.115. The Morgan fingerprint density at radius 2 is 2.04 bits per heavy atom. The molecule has 3 N–H and O–H groups in total. The van der Waals surface area contributed by atoms with Crippen LogP contribution >= 0.6 is 11.3 Å². The van der Waals surface area contributed by atoms with Gasteiger partial charge in [0.15, 0.2) is 0 Å². The molecule has 1 heterocycles. The molecule has 1 amide bonds. The molecule has 0 atom stereocenters. The minimum Gasteiger partial charge on any atom is -0.397 e. The Balaban J connectivity index is 1.88. The molecule has 2 aromatic rings. The molecule has 0 aliphatic heterocycles. The van der Waals surface area contributed by atoms with Crippen LogP contribution in [-0.2, 0) is 4.79 Å². The maximum absolute atomic E-state index is 12.0. The molecule has 24 heavy (non-hydrogen) atoms. The smallest absolute Gasteiger partial charge is 0.228 e. The Morgan fingerprint density at radius 3 is 2.75 bits per heavy atom. The summed E-state index contributed by atoms with van der Waals surface area (Å²) < 4.78 is 0. The number of nitrogen functional groups attached to an aromatic ring is 1. The average Bonchev–Trinajstić information content (AvgIpc) is 3.10. The summed E-state index contributed by atoms with van der Waals surface area (Å²) >= 11 is 1.66. The first kappa shape index (κ1) is 17.8. The molecular weight excluding hydrogens is 316 g/mol. The van der Waals surface area contributed by atoms with Crippen molar-refractivity contribution in [3.63, 3.8) is 0 Å². The maximum atomic E-state index is 12.0. The fourth-order valence-corrected chi connectivity index (χ4v) is 2.82. The summed E-state index contributed by atoms with van der Waals surface area (Å²) in [5, 5.41) is 4.88. The molecule has 0 saturated carbocycles. The zero-order valence-electron chi connectivity index (χ0n) is 13.7. The van der Waals surface area contributed by atoms with Gasteiger partial charge in [-0.3, -0.25) is 4.79 Å². The highest BCUT2D eigenvalue weighted by molar-refractivity contribution is 7.13. The number of anilines is 2. The van der Waals surface area contributed by atoms with Crippen molar-refractivity contribution in [1.29, 1.82) is 0 Å². The van der Waals surface area contributed by atoms with Gasteiger partial charge in [-0.1, -0.05) is 48.6 Å². The van der Waals surface area contributed by atoms with Gasteiger partial charge in [0, 0.05) is 11.3 Å². The van der Waals surface area contributed by atoms with E-state index in [1.54, 1.807) is 11.3 Å². The number of allylic oxidation sites excluding steroid dienone is 5. The zero-order valence-corrected chi connectivity index (χ0v) is 14.6. The lowest BCUT2D eigenvalue weighted by Crippen LogP contribution is -2.11. The molecule has 1 aromatic carbocycles. The van der Waals surface area contributed by atoms with Gasteiger partial charge in [0.05, 0.1) is 11.4 Å². The van der Waals surface area contributed by atoms with Gasteiger partial charge in [-0.15, -0.1) is 11.3 Å². The van der Waals surface area contributed by atoms with E-state index in [9.17, 15) is 4.79 Å². The Bertz CT molecular complexity index is 743. The summed E-state index contributed by atoms with van der Waals surface area (Å²) in [6.07, 6.45) is 13.0. The summed E-state index contributed by atoms with van der Waals surface area (Å²) in [5.41, 5.74) is 8.34. The Kier molecular flexibility index (Phi) is 7.05. The second-order valence-electron chi connectivity index (χ2n) is 5.19. The van der Waals surface area contributed by atoms with Crippen molar-refractivity contribution < 1.29 is 4.79 Å². The largest absolute Gasteiger partial charge is 0.397 e. The highest BCUT2D eigenvalue weighted by Crippen LogP contribution is 2.29. The van der Waals surface area contributed by atoms with Gasteiger partial charge >= 0.3 is 0 Å². The van der Waals surface area contributed by atoms with Gasteiger partial charge in [0.25, 0.3) is 0 Å². The lowest BCUT2D eigenvalue weighted by Gasteiger charge is -2.08. The molecular formula is C20H22N2OS. The molecule has 0 aliphatic rings. The molecule has 124 valence electrons. The number of nitrogens with two attached hydrogens (primary N) is 1. The van der Waals surface area contributed by atoms with Crippen LogP contribution in [0, 0.1) is 0 Å². The van der Waals surface area contributed by atoms with E-state index < -0.39 is 0 Å². The second kappa shape index (κ2) is 9.53. The van der Waals surface area contributed by atoms with Crippen molar-refractivity contribution in [3.05, 3.63) is 72.2 Å². The van der Waals surface area contributed by atoms with Crippen LogP contribution in [0.2, 0.25) is 0 Å². The van der Waals surface area contributed by atoms with E-state index in [4.69, 9.17) is 5.73 Å². The highest BCUT2D eigenvalue weighted by atomic mass is 32.1. The topological polar surface area (TPSA) is 55.1 Å². The van der Waals surface area contributed by atoms with Crippen LogP contribution in [0.3, 0.4) is 0 Å². The third kappa shape index (κ3) is 5.56. The molecule has 0 saturated heterocycles. The first-order valence-electron chi connectivity index (χ1n) is 7.86. The Hall–Kier alpha value is -2.59. The number of carbonyl (C=O) groups excluding carboxylic acids is 1. The molecule has 0 unspecified atom stereocenters. The average molecular weight is 338 g/mol. The zero-order chi connectivity index (χ0) is 17.2. The first-order chi connectivity index (χ1) is 11.7. The molecule has 3 nitrogen and oxygen atoms in total. The molecule has 0 spiro atoms. The number of thiophene rings is 1. The lowest BCUT2D eigenvalue weighted by atomic mass is 10.1. The van der Waals surface area contributed by atoms with E-state index in [2.05, 4.69) is 11.4 Å². The van der Waals surface area contributed by atoms with Crippen molar-refractivity contribution in [2.45, 2.75) is 19.8 Å². The number of nitrogens with one attached hydrogen (secondary N) is 1. The molecule has 0 aliphatic carbocycles. The minimum absolute atomic E-state index is 0.0799. The van der Waals surface area contributed by atoms with E-state index in [0.29, 0.717) is 17.8 Å². The third-order valence-corrected chi connectivity index (χ3v) is 4.24. The number of carbonyl (C=O) groups is 1. The fourth-order valence-electron chi connectivity index (χ4n) is 2.10. The first-order valence-corrected chi connectivity index (χ1v) is 8.74. The number of benzene rings is 1. The molecule has 4 heteroatoms. The Morgan fingerprint density at radius 1 is 1.21 bits per heavy atom. The van der Waals surface area contributed by atoms with Crippen LogP contribution in [0.4, 0.5) is 11.4 Å². The predicted octanol–water partition coefficient (Wildman–Crippen LogP) is 5.40. The monoisotopic (exact) mass is 338 g/mol. The summed E-state index contributed by atoms with van der Waals surface area (Å²) in [7, 11) is 0. The maximum Gasteiger partial charge on any atom is 0.228 e.